The Kier molecular flexibility index (Phi) is 5.76. The lowest BCUT2D eigenvalue weighted by Crippen LogP contribution is -2.20. The second-order valence-corrected chi connectivity index (χ2v) is 8.69. The first-order valence-electron chi connectivity index (χ1n) is 9.95. The minimum absolute atomic E-state index is 0.100. The summed E-state index contributed by atoms with van der Waals surface area (Å²) >= 11 is 1.55. The molecule has 5 heteroatoms. The minimum atomic E-state index is -0.154. The lowest BCUT2D eigenvalue weighted by molar-refractivity contribution is -0.115. The number of anilines is 2. The SMILES string of the molecule is CC1CCc2c(sc(NC(=O)Cc3ccccc3)c2C(=O)Nc2ccccc2)C1. The molecule has 29 heavy (non-hydrogen) atoms. The van der Waals surface area contributed by atoms with Crippen molar-refractivity contribution >= 4 is 33.8 Å². The van der Waals surface area contributed by atoms with Crippen LogP contribution in [-0.2, 0) is 24.1 Å². The number of rotatable bonds is 5. The maximum absolute atomic E-state index is 13.1. The van der Waals surface area contributed by atoms with Gasteiger partial charge in [0.15, 0.2) is 0 Å². The third-order valence-corrected chi connectivity index (χ3v) is 6.40. The fourth-order valence-electron chi connectivity index (χ4n) is 3.75. The molecule has 0 fully saturated rings. The van der Waals surface area contributed by atoms with E-state index in [4.69, 9.17) is 0 Å². The van der Waals surface area contributed by atoms with E-state index >= 15 is 0 Å². The molecule has 1 aromatic heterocycles. The second-order valence-electron chi connectivity index (χ2n) is 7.59. The largest absolute Gasteiger partial charge is 0.322 e. The van der Waals surface area contributed by atoms with E-state index in [0.29, 0.717) is 22.9 Å². The van der Waals surface area contributed by atoms with E-state index in [9.17, 15) is 9.59 Å². The van der Waals surface area contributed by atoms with Gasteiger partial charge in [-0.15, -0.1) is 11.3 Å². The fourth-order valence-corrected chi connectivity index (χ4v) is 5.17. The van der Waals surface area contributed by atoms with Gasteiger partial charge >= 0.3 is 0 Å². The van der Waals surface area contributed by atoms with E-state index in [0.717, 1.165) is 36.1 Å². The average Bonchev–Trinajstić information content (AvgIpc) is 3.06. The summed E-state index contributed by atoms with van der Waals surface area (Å²) in [7, 11) is 0. The molecule has 4 rings (SSSR count). The van der Waals surface area contributed by atoms with Crippen LogP contribution in [0.3, 0.4) is 0 Å². The minimum Gasteiger partial charge on any atom is -0.322 e. The third kappa shape index (κ3) is 4.57. The van der Waals surface area contributed by atoms with Gasteiger partial charge in [-0.25, -0.2) is 0 Å². The van der Waals surface area contributed by atoms with E-state index in [1.165, 1.54) is 4.88 Å². The Balaban J connectivity index is 1.60. The van der Waals surface area contributed by atoms with Crippen molar-refractivity contribution in [1.82, 2.24) is 0 Å². The lowest BCUT2D eigenvalue weighted by atomic mass is 9.88. The molecule has 2 amide bonds. The number of carbonyl (C=O) groups is 2. The van der Waals surface area contributed by atoms with Crippen LogP contribution in [0.4, 0.5) is 10.7 Å². The summed E-state index contributed by atoms with van der Waals surface area (Å²) in [6.45, 7) is 2.24. The van der Waals surface area contributed by atoms with Crippen molar-refractivity contribution in [2.75, 3.05) is 10.6 Å². The molecule has 3 aromatic rings. The molecular formula is C24H24N2O2S. The van der Waals surface area contributed by atoms with Crippen molar-refractivity contribution in [3.8, 4) is 0 Å². The molecule has 1 aliphatic carbocycles. The first-order valence-corrected chi connectivity index (χ1v) is 10.8. The normalized spacial score (nSPS) is 15.4. The van der Waals surface area contributed by atoms with Gasteiger partial charge in [0, 0.05) is 10.6 Å². The summed E-state index contributed by atoms with van der Waals surface area (Å²) in [5.41, 5.74) is 3.43. The molecule has 2 N–H and O–H groups in total. The maximum Gasteiger partial charge on any atom is 0.258 e. The molecular weight excluding hydrogens is 380 g/mol. The molecule has 1 unspecified atom stereocenters. The Morgan fingerprint density at radius 3 is 2.41 bits per heavy atom. The van der Waals surface area contributed by atoms with E-state index in [2.05, 4.69) is 17.6 Å². The van der Waals surface area contributed by atoms with Gasteiger partial charge in [-0.05, 0) is 48.4 Å². The smallest absolute Gasteiger partial charge is 0.258 e. The Hall–Kier alpha value is -2.92. The molecule has 0 radical (unpaired) electrons. The zero-order valence-electron chi connectivity index (χ0n) is 16.4. The van der Waals surface area contributed by atoms with Gasteiger partial charge in [0.25, 0.3) is 5.91 Å². The summed E-state index contributed by atoms with van der Waals surface area (Å²) in [6, 6.07) is 19.1. The first kappa shape index (κ1) is 19.4. The lowest BCUT2D eigenvalue weighted by Gasteiger charge is -2.18. The number of para-hydroxylation sites is 1. The van der Waals surface area contributed by atoms with Crippen LogP contribution in [0.15, 0.2) is 60.7 Å². The van der Waals surface area contributed by atoms with Crippen LogP contribution in [0.2, 0.25) is 0 Å². The van der Waals surface area contributed by atoms with Gasteiger partial charge in [-0.3, -0.25) is 9.59 Å². The van der Waals surface area contributed by atoms with Crippen LogP contribution < -0.4 is 10.6 Å². The Bertz CT molecular complexity index is 1010. The highest BCUT2D eigenvalue weighted by Crippen LogP contribution is 2.40. The van der Waals surface area contributed by atoms with Crippen LogP contribution in [0, 0.1) is 5.92 Å². The quantitative estimate of drug-likeness (QED) is 0.606. The van der Waals surface area contributed by atoms with Crippen molar-refractivity contribution in [3.63, 3.8) is 0 Å². The predicted molar refractivity (Wildman–Crippen MR) is 119 cm³/mol. The highest BCUT2D eigenvalue weighted by atomic mass is 32.1. The van der Waals surface area contributed by atoms with Crippen LogP contribution in [0.5, 0.6) is 0 Å². The molecule has 1 atom stereocenters. The number of nitrogens with one attached hydrogen (secondary N) is 2. The Morgan fingerprint density at radius 2 is 1.69 bits per heavy atom. The van der Waals surface area contributed by atoms with E-state index in [1.54, 1.807) is 11.3 Å². The molecule has 4 nitrogen and oxygen atoms in total. The Morgan fingerprint density at radius 1 is 1.00 bits per heavy atom. The molecule has 2 aromatic carbocycles. The van der Waals surface area contributed by atoms with Crippen molar-refractivity contribution in [3.05, 3.63) is 82.2 Å². The Labute approximate surface area is 175 Å². The topological polar surface area (TPSA) is 58.2 Å². The van der Waals surface area contributed by atoms with Gasteiger partial charge in [0.05, 0.1) is 12.0 Å². The van der Waals surface area contributed by atoms with Crippen molar-refractivity contribution in [1.29, 1.82) is 0 Å². The first-order chi connectivity index (χ1) is 14.1. The molecule has 1 heterocycles. The zero-order chi connectivity index (χ0) is 20.2. The van der Waals surface area contributed by atoms with Crippen LogP contribution in [0.1, 0.15) is 39.7 Å². The summed E-state index contributed by atoms with van der Waals surface area (Å²) in [5, 5.41) is 6.67. The fraction of sp³-hybridized carbons (Fsp3) is 0.250. The average molecular weight is 405 g/mol. The standard InChI is InChI=1S/C24H24N2O2S/c1-16-12-13-19-20(14-16)29-24(26-21(27)15-17-8-4-2-5-9-17)22(19)23(28)25-18-10-6-3-7-11-18/h2-11,16H,12-15H2,1H3,(H,25,28)(H,26,27). The van der Waals surface area contributed by atoms with Crippen LogP contribution in [-0.4, -0.2) is 11.8 Å². The molecule has 0 aliphatic heterocycles. The van der Waals surface area contributed by atoms with Crippen molar-refractivity contribution < 1.29 is 9.59 Å². The summed E-state index contributed by atoms with van der Waals surface area (Å²) in [4.78, 5) is 27.0. The van der Waals surface area contributed by atoms with Gasteiger partial charge < -0.3 is 10.6 Å². The maximum atomic E-state index is 13.1. The van der Waals surface area contributed by atoms with Crippen molar-refractivity contribution in [2.24, 2.45) is 5.92 Å². The second kappa shape index (κ2) is 8.62. The molecule has 0 saturated carbocycles. The van der Waals surface area contributed by atoms with E-state index in [-0.39, 0.29) is 11.8 Å². The molecule has 0 spiro atoms. The predicted octanol–water partition coefficient (Wildman–Crippen LogP) is 5.31. The monoisotopic (exact) mass is 404 g/mol. The number of hydrogen-bond donors (Lipinski definition) is 2. The number of hydrogen-bond acceptors (Lipinski definition) is 3. The molecule has 148 valence electrons. The molecule has 0 saturated heterocycles. The zero-order valence-corrected chi connectivity index (χ0v) is 17.2. The summed E-state index contributed by atoms with van der Waals surface area (Å²) in [6.07, 6.45) is 3.19. The van der Waals surface area contributed by atoms with Gasteiger partial charge in [0.1, 0.15) is 5.00 Å². The third-order valence-electron chi connectivity index (χ3n) is 5.23. The van der Waals surface area contributed by atoms with E-state index < -0.39 is 0 Å². The van der Waals surface area contributed by atoms with Crippen LogP contribution >= 0.6 is 11.3 Å². The number of amides is 2. The van der Waals surface area contributed by atoms with E-state index in [1.807, 2.05) is 60.7 Å². The van der Waals surface area contributed by atoms with Gasteiger partial charge in [-0.1, -0.05) is 55.5 Å². The van der Waals surface area contributed by atoms with Crippen LogP contribution in [0.25, 0.3) is 0 Å². The molecule has 1 aliphatic rings. The number of fused-ring (bicyclic) bond motifs is 1. The summed E-state index contributed by atoms with van der Waals surface area (Å²) in [5.74, 6) is 0.342. The van der Waals surface area contributed by atoms with Gasteiger partial charge in [-0.2, -0.15) is 0 Å². The van der Waals surface area contributed by atoms with Crippen molar-refractivity contribution in [2.45, 2.75) is 32.6 Å². The number of benzene rings is 2. The number of thiophene rings is 1. The number of carbonyl (C=O) groups excluding carboxylic acids is 2. The molecule has 0 bridgehead atoms. The summed E-state index contributed by atoms with van der Waals surface area (Å²) < 4.78 is 0. The highest BCUT2D eigenvalue weighted by molar-refractivity contribution is 7.17. The highest BCUT2D eigenvalue weighted by Gasteiger charge is 2.28. The van der Waals surface area contributed by atoms with Gasteiger partial charge in [0.2, 0.25) is 5.91 Å².